The zero-order valence-electron chi connectivity index (χ0n) is 88.5. The minimum absolute atomic E-state index is 0.00425. The first-order chi connectivity index (χ1) is 66.4. The van der Waals surface area contributed by atoms with E-state index in [4.69, 9.17) is 48.4 Å². The number of carbonyl (C=O) groups is 18. The van der Waals surface area contributed by atoms with Crippen molar-refractivity contribution in [3.8, 4) is 0 Å². The van der Waals surface area contributed by atoms with E-state index in [9.17, 15) is 77.3 Å². The molecule has 4 fully saturated rings. The van der Waals surface area contributed by atoms with Crippen LogP contribution >= 0.6 is 0 Å². The number of fused-ring (bicyclic) bond motifs is 5. The summed E-state index contributed by atoms with van der Waals surface area (Å²) in [6.07, 6.45) is 5.13. The summed E-state index contributed by atoms with van der Waals surface area (Å²) in [6.45, 7) is 30.0. The number of carbonyl (C=O) groups excluding carboxylic acids is 18. The summed E-state index contributed by atoms with van der Waals surface area (Å²) in [5, 5.41) is 34.6. The van der Waals surface area contributed by atoms with Gasteiger partial charge in [-0.05, 0) is 157 Å². The molecule has 8 N–H and O–H groups in total. The van der Waals surface area contributed by atoms with Gasteiger partial charge in [0.05, 0.1) is 71.6 Å². The number of aliphatic hydroxyl groups is 2. The van der Waals surface area contributed by atoms with Gasteiger partial charge in [0.15, 0.2) is 12.4 Å². The van der Waals surface area contributed by atoms with Crippen molar-refractivity contribution in [2.24, 2.45) is 75.7 Å². The molecule has 5 rings (SSSR count). The highest BCUT2D eigenvalue weighted by Crippen LogP contribution is 2.67. The number of ether oxygens (including phenoxy) is 9. The largest absolute Gasteiger partial charge is 0.511 e. The molecule has 0 aromatic rings. The van der Waals surface area contributed by atoms with Crippen LogP contribution in [0.5, 0.6) is 0 Å². The van der Waals surface area contributed by atoms with E-state index in [1.54, 1.807) is 72.8 Å². The molecule has 1 heterocycles. The van der Waals surface area contributed by atoms with E-state index in [-0.39, 0.29) is 164 Å². The van der Waals surface area contributed by atoms with Gasteiger partial charge >= 0.3 is 30.0 Å². The number of esters is 4. The predicted octanol–water partition coefficient (Wildman–Crippen LogP) is 4.69. The van der Waals surface area contributed by atoms with Gasteiger partial charge in [0.25, 0.3) is 0 Å². The van der Waals surface area contributed by atoms with E-state index < -0.39 is 240 Å². The predicted molar refractivity (Wildman–Crippen MR) is 520 cm³/mol. The molecule has 802 valence electrons. The van der Waals surface area contributed by atoms with Crippen molar-refractivity contribution in [2.45, 2.75) is 306 Å². The smallest absolute Gasteiger partial charge is 0.463 e. The van der Waals surface area contributed by atoms with E-state index >= 15 is 19.2 Å². The van der Waals surface area contributed by atoms with Gasteiger partial charge in [-0.25, -0.2) is 4.79 Å². The van der Waals surface area contributed by atoms with Crippen molar-refractivity contribution in [3.63, 3.8) is 0 Å². The quantitative estimate of drug-likeness (QED) is 0.0144. The minimum Gasteiger partial charge on any atom is -0.463 e. The van der Waals surface area contributed by atoms with Crippen molar-refractivity contribution >= 4 is 107 Å². The Morgan fingerprint density at radius 3 is 1.58 bits per heavy atom. The van der Waals surface area contributed by atoms with E-state index in [1.807, 2.05) is 75.3 Å². The number of Topliss-reactive ketones (excluding diaryl/α,β-unsaturated/α-hetero) is 1. The molecule has 20 atom stereocenters. The fourth-order valence-corrected chi connectivity index (χ4v) is 19.9. The third-order valence-corrected chi connectivity index (χ3v) is 28.1. The summed E-state index contributed by atoms with van der Waals surface area (Å²) in [4.78, 5) is 264. The summed E-state index contributed by atoms with van der Waals surface area (Å²) < 4.78 is 48.5. The Morgan fingerprint density at radius 2 is 1.04 bits per heavy atom. The average Bonchev–Trinajstić information content (AvgIpc) is 1.49. The number of allylic oxidation sites excluding steroid dienone is 6. The van der Waals surface area contributed by atoms with Gasteiger partial charge in [-0.2, -0.15) is 0 Å². The summed E-state index contributed by atoms with van der Waals surface area (Å²) in [6, 6.07) is -15.4. The van der Waals surface area contributed by atoms with Crippen LogP contribution < -0.4 is 27.0 Å². The lowest BCUT2D eigenvalue weighted by Crippen LogP contribution is -2.64. The van der Waals surface area contributed by atoms with Crippen LogP contribution in [0, 0.1) is 70.0 Å². The fourth-order valence-electron chi connectivity index (χ4n) is 19.9. The van der Waals surface area contributed by atoms with Crippen LogP contribution in [0.1, 0.15) is 221 Å². The van der Waals surface area contributed by atoms with Gasteiger partial charge in [0, 0.05) is 66.1 Å². The third kappa shape index (κ3) is 33.1. The summed E-state index contributed by atoms with van der Waals surface area (Å²) in [7, 11) is 9.40. The molecular formula is C101H164N12O29. The molecule has 0 aromatic carbocycles. The highest BCUT2D eigenvalue weighted by Gasteiger charge is 2.68. The van der Waals surface area contributed by atoms with Gasteiger partial charge in [-0.15, -0.1) is 0 Å². The van der Waals surface area contributed by atoms with Crippen LogP contribution in [0.15, 0.2) is 36.0 Å². The zero-order chi connectivity index (χ0) is 107. The van der Waals surface area contributed by atoms with Crippen LogP contribution in [0.2, 0.25) is 0 Å². The minimum atomic E-state index is -1.94. The van der Waals surface area contributed by atoms with Crippen LogP contribution in [-0.2, 0) is 124 Å². The normalized spacial score (nSPS) is 27.9. The Morgan fingerprint density at radius 1 is 0.542 bits per heavy atom. The Bertz CT molecular complexity index is 4460. The van der Waals surface area contributed by atoms with Crippen LogP contribution in [0.25, 0.3) is 0 Å². The van der Waals surface area contributed by atoms with Crippen LogP contribution in [-0.4, -0.2) is 357 Å². The second-order valence-electron chi connectivity index (χ2n) is 41.4. The Labute approximate surface area is 837 Å². The first-order valence-electron chi connectivity index (χ1n) is 49.9. The number of amides is 11. The molecule has 5 aliphatic rings. The van der Waals surface area contributed by atoms with Gasteiger partial charge in [0.2, 0.25) is 77.6 Å². The van der Waals surface area contributed by atoms with E-state index in [0.717, 1.165) is 25.2 Å². The summed E-state index contributed by atoms with van der Waals surface area (Å²) in [5.74, 6) is -16.7. The molecule has 0 radical (unpaired) electrons. The van der Waals surface area contributed by atoms with Crippen LogP contribution in [0.4, 0.5) is 4.79 Å². The highest BCUT2D eigenvalue weighted by molar-refractivity contribution is 6.02. The number of hydrogen-bond acceptors (Lipinski definition) is 30. The number of likely N-dealkylation sites (N-methyl/N-ethyl adjacent to an activating group) is 7. The maximum absolute atomic E-state index is 15.9. The standard InChI is InChI=1S/C101H164N12O29/c1-27-29-30-63(15)86(142-98(132)141-56-140-81(120)52-70(102)97(131)138-46-44-136-42-40-134-39-41-135-43-45-137-79(118)33-34-80(119)139-55-77(116)101(133)38-36-69-68-32-31-66-51-67(114)35-37-99(66,18)82(68)76(115)53-100(69,101)19)85-90(124)105-71(28-2)92(126)107(20)54-78(117)108(21)72(47-57(3)4)89(123)106-83(61(11)12)95(129)109(22)73(48-58(5)6)88(122)103-64(16)87(121)104-65(17)91(125)110(23)74(49-59(7)8)93(127)111(24)75(50-60(9)10)94(128)112(25)84(62(13)14)96(130)113(85)26/h27,29,35,37,51,57-65,68-76,82-86,115,133H,28,30-34,36,38-50,52-56,102H2,1-26H3,(H,103,122)(H,104,121)(H,105,124)(H,106,123)/b29-27+/t63-,64?,65?,68?,69?,70-,71?,72+,73?,74?,75?,76+,82?,83?,84?,85?,86-,99+,100+,101+/m1/s1. The van der Waals surface area contributed by atoms with Crippen molar-refractivity contribution in [1.29, 1.82) is 0 Å². The zero-order valence-corrected chi connectivity index (χ0v) is 88.5. The Hall–Kier alpha value is -10.4. The highest BCUT2D eigenvalue weighted by atomic mass is 16.8. The number of rotatable bonds is 39. The molecule has 41 nitrogen and oxygen atoms in total. The number of hydrogen-bond donors (Lipinski definition) is 7. The number of nitrogens with one attached hydrogen (secondary N) is 4. The van der Waals surface area contributed by atoms with Crippen molar-refractivity contribution in [2.75, 3.05) is 122 Å². The maximum atomic E-state index is 15.9. The molecule has 4 aliphatic carbocycles. The molecular weight excluding hydrogens is 1850 g/mol. The summed E-state index contributed by atoms with van der Waals surface area (Å²) in [5.41, 5.74) is 3.64. The van der Waals surface area contributed by atoms with Crippen molar-refractivity contribution < 1.29 is 139 Å². The summed E-state index contributed by atoms with van der Waals surface area (Å²) >= 11 is 0. The van der Waals surface area contributed by atoms with Crippen molar-refractivity contribution in [3.05, 3.63) is 36.0 Å². The van der Waals surface area contributed by atoms with Crippen LogP contribution in [0.3, 0.4) is 0 Å². The first-order valence-corrected chi connectivity index (χ1v) is 49.9. The molecule has 3 saturated carbocycles. The second kappa shape index (κ2) is 56.2. The lowest BCUT2D eigenvalue weighted by Gasteiger charge is -2.59. The number of aliphatic hydroxyl groups excluding tert-OH is 1. The lowest BCUT2D eigenvalue weighted by molar-refractivity contribution is -0.181. The van der Waals surface area contributed by atoms with E-state index in [0.29, 0.717) is 19.3 Å². The maximum Gasteiger partial charge on any atom is 0.511 e. The second-order valence-corrected chi connectivity index (χ2v) is 41.4. The monoisotopic (exact) mass is 2010 g/mol. The molecule has 11 amide bonds. The first kappa shape index (κ1) is 122. The molecule has 0 bridgehead atoms. The Balaban J connectivity index is 1.25. The molecule has 1 saturated heterocycles. The molecule has 142 heavy (non-hydrogen) atoms. The van der Waals surface area contributed by atoms with Crippen molar-refractivity contribution in [1.82, 2.24) is 55.6 Å². The molecule has 0 spiro atoms. The average molecular weight is 2010 g/mol. The molecule has 1 aliphatic heterocycles. The number of ketones is 2. The molecule has 12 unspecified atom stereocenters. The Kier molecular flexibility index (Phi) is 48.3. The van der Waals surface area contributed by atoms with E-state index in [1.165, 1.54) is 77.9 Å². The van der Waals surface area contributed by atoms with Gasteiger partial charge < -0.3 is 114 Å². The SMILES string of the molecule is C/C=C/C[C@@H](C)[C@@H](OC(=O)OCOC(=O)C[C@@H](N)C(=O)OCCOCCOCCOCCOC(=O)CCC(=O)OCC(=O)[C@@]1(O)CCC2C3CCC4=CC(=O)C=C[C@]4(C)C3[C@@H](O)C[C@@]21C)C1C(=O)NC(CC)C(=O)N(C)CC(=O)N(C)[C@@H](CC(C)C)C(=O)NC(C(C)C)C(=O)N(C)C(CC(C)C)C(=O)NC(C)C(=O)NC(C)C(=O)N(C)C(CC(C)C)C(=O)N(C)C(CC(C)C)C(=O)N(C)C(C(C)C)C(=O)N1C. The van der Waals surface area contributed by atoms with E-state index in [2.05, 4.69) is 21.3 Å². The van der Waals surface area contributed by atoms with Gasteiger partial charge in [-0.1, -0.05) is 135 Å². The molecule has 0 aromatic heterocycles. The molecule has 41 heteroatoms. The van der Waals surface area contributed by atoms with Gasteiger partial charge in [0.1, 0.15) is 91.4 Å². The van der Waals surface area contributed by atoms with Gasteiger partial charge in [-0.3, -0.25) is 81.5 Å². The lowest BCUT2D eigenvalue weighted by atomic mass is 9.46. The number of nitrogens with two attached hydrogens (primary N) is 1. The third-order valence-electron chi connectivity index (χ3n) is 28.1. The number of nitrogens with zero attached hydrogens (tertiary/aromatic N) is 7. The topological polar surface area (TPSA) is 528 Å². The fraction of sp³-hybridized carbons (Fsp3) is 0.762.